The van der Waals surface area contributed by atoms with Crippen molar-refractivity contribution in [1.82, 2.24) is 4.98 Å². The minimum absolute atomic E-state index is 0.0324. The maximum absolute atomic E-state index is 9.84. The van der Waals surface area contributed by atoms with Crippen molar-refractivity contribution in [1.29, 1.82) is 0 Å². The Morgan fingerprint density at radius 3 is 2.60 bits per heavy atom. The lowest BCUT2D eigenvalue weighted by molar-refractivity contribution is 0.0968. The number of anilines is 1. The van der Waals surface area contributed by atoms with Crippen molar-refractivity contribution in [3.05, 3.63) is 23.4 Å². The zero-order chi connectivity index (χ0) is 14.9. The van der Waals surface area contributed by atoms with Crippen LogP contribution in [0.1, 0.15) is 45.4 Å². The highest BCUT2D eigenvalue weighted by molar-refractivity contribution is 5.44. The molecule has 112 valence electrons. The Bertz CT molecular complexity index is 468. The fourth-order valence-corrected chi connectivity index (χ4v) is 2.55. The quantitative estimate of drug-likeness (QED) is 0.869. The molecule has 0 bridgehead atoms. The second kappa shape index (κ2) is 5.70. The first-order valence-corrected chi connectivity index (χ1v) is 7.36. The molecule has 0 aliphatic carbocycles. The molecule has 1 aromatic rings. The van der Waals surface area contributed by atoms with Crippen molar-refractivity contribution in [2.24, 2.45) is 5.92 Å². The van der Waals surface area contributed by atoms with Crippen LogP contribution in [0.25, 0.3) is 0 Å². The first-order valence-electron chi connectivity index (χ1n) is 7.36. The van der Waals surface area contributed by atoms with Crippen LogP contribution < -0.4 is 4.90 Å². The maximum Gasteiger partial charge on any atom is 0.129 e. The predicted molar refractivity (Wildman–Crippen MR) is 80.9 cm³/mol. The highest BCUT2D eigenvalue weighted by Gasteiger charge is 2.26. The maximum atomic E-state index is 9.84. The first-order chi connectivity index (χ1) is 9.31. The summed E-state index contributed by atoms with van der Waals surface area (Å²) >= 11 is 0. The van der Waals surface area contributed by atoms with Gasteiger partial charge in [0.1, 0.15) is 5.82 Å². The van der Waals surface area contributed by atoms with E-state index >= 15 is 0 Å². The lowest BCUT2D eigenvalue weighted by atomic mass is 9.90. The molecule has 1 saturated heterocycles. The van der Waals surface area contributed by atoms with Crippen LogP contribution in [0, 0.1) is 5.92 Å². The van der Waals surface area contributed by atoms with Gasteiger partial charge in [-0.2, -0.15) is 0 Å². The van der Waals surface area contributed by atoms with E-state index in [0.717, 1.165) is 36.6 Å². The summed E-state index contributed by atoms with van der Waals surface area (Å²) in [4.78, 5) is 6.98. The zero-order valence-corrected chi connectivity index (χ0v) is 12.9. The number of pyridine rings is 1. The minimum atomic E-state index is -0.214. The number of hydrogen-bond donors (Lipinski definition) is 2. The highest BCUT2D eigenvalue weighted by atomic mass is 16.3. The third-order valence-electron chi connectivity index (χ3n) is 4.01. The van der Waals surface area contributed by atoms with E-state index < -0.39 is 0 Å². The molecule has 2 N–H and O–H groups in total. The largest absolute Gasteiger partial charge is 0.393 e. The van der Waals surface area contributed by atoms with E-state index in [0.29, 0.717) is 0 Å². The van der Waals surface area contributed by atoms with Crippen LogP contribution in [0.15, 0.2) is 12.1 Å². The van der Waals surface area contributed by atoms with Crippen LogP contribution in [0.3, 0.4) is 0 Å². The molecule has 4 heteroatoms. The lowest BCUT2D eigenvalue weighted by Gasteiger charge is -2.36. The molecule has 2 heterocycles. The Balaban J connectivity index is 2.31. The summed E-state index contributed by atoms with van der Waals surface area (Å²) in [6, 6.07) is 3.94. The van der Waals surface area contributed by atoms with E-state index in [-0.39, 0.29) is 24.0 Å². The van der Waals surface area contributed by atoms with E-state index in [4.69, 9.17) is 4.98 Å². The van der Waals surface area contributed by atoms with Gasteiger partial charge in [0.15, 0.2) is 0 Å². The molecule has 1 fully saturated rings. The Morgan fingerprint density at radius 2 is 2.05 bits per heavy atom. The number of hydrogen-bond acceptors (Lipinski definition) is 4. The molecule has 2 rings (SSSR count). The predicted octanol–water partition coefficient (Wildman–Crippen LogP) is 2.08. The molecule has 2 atom stereocenters. The second-order valence-electron chi connectivity index (χ2n) is 6.91. The summed E-state index contributed by atoms with van der Waals surface area (Å²) in [6.45, 7) is 10.1. The van der Waals surface area contributed by atoms with Crippen molar-refractivity contribution < 1.29 is 10.2 Å². The smallest absolute Gasteiger partial charge is 0.129 e. The molecular formula is C16H26N2O2. The van der Waals surface area contributed by atoms with E-state index in [9.17, 15) is 10.2 Å². The summed E-state index contributed by atoms with van der Waals surface area (Å²) in [5.41, 5.74) is 1.86. The van der Waals surface area contributed by atoms with Gasteiger partial charge in [-0.05, 0) is 30.0 Å². The van der Waals surface area contributed by atoms with Crippen molar-refractivity contribution in [2.45, 2.75) is 52.2 Å². The molecule has 1 aliphatic rings. The number of piperidine rings is 1. The Kier molecular flexibility index (Phi) is 4.35. The van der Waals surface area contributed by atoms with Gasteiger partial charge in [0, 0.05) is 24.2 Å². The molecule has 0 amide bonds. The normalized spacial score (nSPS) is 24.0. The van der Waals surface area contributed by atoms with Gasteiger partial charge in [-0.15, -0.1) is 0 Å². The number of rotatable bonds is 2. The summed E-state index contributed by atoms with van der Waals surface area (Å²) in [5, 5.41) is 19.3. The molecule has 0 aromatic carbocycles. The van der Waals surface area contributed by atoms with Crippen molar-refractivity contribution >= 4 is 5.82 Å². The minimum Gasteiger partial charge on any atom is -0.393 e. The summed E-state index contributed by atoms with van der Waals surface area (Å²) in [7, 11) is 0. The van der Waals surface area contributed by atoms with Crippen LogP contribution in [0.5, 0.6) is 0 Å². The van der Waals surface area contributed by atoms with E-state index in [1.165, 1.54) is 0 Å². The topological polar surface area (TPSA) is 56.6 Å². The Labute approximate surface area is 121 Å². The van der Waals surface area contributed by atoms with Crippen molar-refractivity contribution in [3.8, 4) is 0 Å². The van der Waals surface area contributed by atoms with Crippen LogP contribution in [-0.4, -0.2) is 34.4 Å². The fourth-order valence-electron chi connectivity index (χ4n) is 2.55. The number of nitrogens with zero attached hydrogens (tertiary/aromatic N) is 2. The monoisotopic (exact) mass is 278 g/mol. The van der Waals surface area contributed by atoms with Gasteiger partial charge in [-0.1, -0.05) is 27.7 Å². The van der Waals surface area contributed by atoms with Gasteiger partial charge in [0.2, 0.25) is 0 Å². The molecule has 0 radical (unpaired) electrons. The summed E-state index contributed by atoms with van der Waals surface area (Å²) in [5.74, 6) is 1.17. The third-order valence-corrected chi connectivity index (χ3v) is 4.01. The Morgan fingerprint density at radius 1 is 1.35 bits per heavy atom. The highest BCUT2D eigenvalue weighted by Crippen LogP contribution is 2.27. The second-order valence-corrected chi connectivity index (χ2v) is 6.91. The molecule has 20 heavy (non-hydrogen) atoms. The van der Waals surface area contributed by atoms with Gasteiger partial charge in [-0.3, -0.25) is 0 Å². The molecule has 1 aromatic heterocycles. The summed E-state index contributed by atoms with van der Waals surface area (Å²) < 4.78 is 0. The average molecular weight is 278 g/mol. The molecule has 4 nitrogen and oxygen atoms in total. The van der Waals surface area contributed by atoms with E-state index in [1.54, 1.807) is 0 Å². The number of aliphatic hydroxyl groups excluding tert-OH is 2. The van der Waals surface area contributed by atoms with Gasteiger partial charge in [0.25, 0.3) is 0 Å². The van der Waals surface area contributed by atoms with Crippen LogP contribution in [-0.2, 0) is 12.0 Å². The van der Waals surface area contributed by atoms with E-state index in [2.05, 4.69) is 32.6 Å². The standard InChI is InChI=1S/C16H26N2O2/c1-11-9-18(6-5-13(11)20)15-8-12(10-19)7-14(17-15)16(2,3)4/h7-8,11,13,19-20H,5-6,9-10H2,1-4H3. The number of aliphatic hydroxyl groups is 2. The van der Waals surface area contributed by atoms with E-state index in [1.807, 2.05) is 12.1 Å². The van der Waals surface area contributed by atoms with Crippen molar-refractivity contribution in [2.75, 3.05) is 18.0 Å². The van der Waals surface area contributed by atoms with Crippen LogP contribution >= 0.6 is 0 Å². The molecular weight excluding hydrogens is 252 g/mol. The van der Waals surface area contributed by atoms with Gasteiger partial charge in [0.05, 0.1) is 12.7 Å². The molecule has 2 unspecified atom stereocenters. The van der Waals surface area contributed by atoms with Gasteiger partial charge in [-0.25, -0.2) is 4.98 Å². The summed E-state index contributed by atoms with van der Waals surface area (Å²) in [6.07, 6.45) is 0.561. The van der Waals surface area contributed by atoms with Gasteiger partial charge < -0.3 is 15.1 Å². The first kappa shape index (κ1) is 15.3. The SMILES string of the molecule is CC1CN(c2cc(CO)cc(C(C)(C)C)n2)CCC1O. The lowest BCUT2D eigenvalue weighted by Crippen LogP contribution is -2.42. The van der Waals surface area contributed by atoms with Crippen LogP contribution in [0.4, 0.5) is 5.82 Å². The zero-order valence-electron chi connectivity index (χ0n) is 12.9. The third kappa shape index (κ3) is 3.30. The van der Waals surface area contributed by atoms with Gasteiger partial charge >= 0.3 is 0 Å². The molecule has 0 saturated carbocycles. The fraction of sp³-hybridized carbons (Fsp3) is 0.688. The number of aromatic nitrogens is 1. The molecule has 0 spiro atoms. The Hall–Kier alpha value is -1.13. The van der Waals surface area contributed by atoms with Crippen molar-refractivity contribution in [3.63, 3.8) is 0 Å². The average Bonchev–Trinajstić information content (AvgIpc) is 2.40. The van der Waals surface area contributed by atoms with Crippen LogP contribution in [0.2, 0.25) is 0 Å². The molecule has 1 aliphatic heterocycles.